The fourth-order valence-corrected chi connectivity index (χ4v) is 1.61. The third-order valence-corrected chi connectivity index (χ3v) is 2.53. The first-order valence-electron chi connectivity index (χ1n) is 6.79. The van der Waals surface area contributed by atoms with Crippen LogP contribution in [0.4, 0.5) is 0 Å². The Bertz CT molecular complexity index is 643. The van der Waals surface area contributed by atoms with Crippen molar-refractivity contribution in [2.75, 3.05) is 0 Å². The van der Waals surface area contributed by atoms with E-state index in [4.69, 9.17) is 14.4 Å². The number of hydroxylamine groups is 2. The standard InChI is InChI=1S/C16H16N2O5/c1-11(19)17-22-15-9-5-3-7-13(15)21-14-8-4-6-10-16(14)23-18-12(2)20/h3-10H,1-2H3,(H,17,19)(H,18,20). The van der Waals surface area contributed by atoms with Crippen LogP contribution < -0.4 is 25.4 Å². The van der Waals surface area contributed by atoms with Gasteiger partial charge in [0.2, 0.25) is 11.8 Å². The van der Waals surface area contributed by atoms with Crippen molar-refractivity contribution in [2.45, 2.75) is 13.8 Å². The number of benzene rings is 2. The molecule has 0 aliphatic rings. The summed E-state index contributed by atoms with van der Waals surface area (Å²) in [6.45, 7) is 2.67. The van der Waals surface area contributed by atoms with E-state index in [9.17, 15) is 9.59 Å². The Hall–Kier alpha value is -3.22. The van der Waals surface area contributed by atoms with E-state index in [1.165, 1.54) is 13.8 Å². The molecule has 0 unspecified atom stereocenters. The van der Waals surface area contributed by atoms with E-state index in [1.54, 1.807) is 48.5 Å². The van der Waals surface area contributed by atoms with Crippen LogP contribution in [0.5, 0.6) is 23.0 Å². The third kappa shape index (κ3) is 4.92. The highest BCUT2D eigenvalue weighted by Gasteiger charge is 2.11. The lowest BCUT2D eigenvalue weighted by molar-refractivity contribution is -0.126. The molecule has 0 spiro atoms. The molecule has 0 saturated heterocycles. The molecule has 0 bridgehead atoms. The molecule has 0 fully saturated rings. The summed E-state index contributed by atoms with van der Waals surface area (Å²) in [6.07, 6.45) is 0. The van der Waals surface area contributed by atoms with Gasteiger partial charge in [-0.15, -0.1) is 0 Å². The number of rotatable bonds is 6. The third-order valence-electron chi connectivity index (χ3n) is 2.53. The molecule has 0 saturated carbocycles. The van der Waals surface area contributed by atoms with Gasteiger partial charge in [-0.05, 0) is 24.3 Å². The van der Waals surface area contributed by atoms with E-state index in [2.05, 4.69) is 11.0 Å². The Kier molecular flexibility index (Phi) is 5.40. The second-order valence-corrected chi connectivity index (χ2v) is 4.52. The molecule has 0 aliphatic carbocycles. The molecule has 0 aromatic heterocycles. The summed E-state index contributed by atoms with van der Waals surface area (Å²) in [6, 6.07) is 13.6. The van der Waals surface area contributed by atoms with Crippen LogP contribution in [0.25, 0.3) is 0 Å². The molecular formula is C16H16N2O5. The van der Waals surface area contributed by atoms with Crippen molar-refractivity contribution >= 4 is 11.8 Å². The van der Waals surface area contributed by atoms with E-state index >= 15 is 0 Å². The van der Waals surface area contributed by atoms with E-state index in [1.807, 2.05) is 0 Å². The van der Waals surface area contributed by atoms with Crippen LogP contribution in [0, 0.1) is 0 Å². The second-order valence-electron chi connectivity index (χ2n) is 4.52. The Labute approximate surface area is 133 Å². The van der Waals surface area contributed by atoms with E-state index in [0.29, 0.717) is 23.0 Å². The molecule has 0 radical (unpaired) electrons. The van der Waals surface area contributed by atoms with Gasteiger partial charge in [0, 0.05) is 13.8 Å². The number of carbonyl (C=O) groups excluding carboxylic acids is 2. The van der Waals surface area contributed by atoms with Crippen LogP contribution in [0.3, 0.4) is 0 Å². The summed E-state index contributed by atoms with van der Waals surface area (Å²) in [5.74, 6) is 0.734. The van der Waals surface area contributed by atoms with Crippen molar-refractivity contribution in [3.05, 3.63) is 48.5 Å². The summed E-state index contributed by atoms with van der Waals surface area (Å²) in [5, 5.41) is 0. The lowest BCUT2D eigenvalue weighted by Crippen LogP contribution is -2.24. The number of carbonyl (C=O) groups is 2. The summed E-state index contributed by atoms with van der Waals surface area (Å²) < 4.78 is 5.75. The fourth-order valence-electron chi connectivity index (χ4n) is 1.61. The first-order chi connectivity index (χ1) is 11.1. The summed E-state index contributed by atoms with van der Waals surface area (Å²) in [7, 11) is 0. The van der Waals surface area contributed by atoms with Gasteiger partial charge >= 0.3 is 0 Å². The molecule has 7 nitrogen and oxygen atoms in total. The molecule has 2 rings (SSSR count). The van der Waals surface area contributed by atoms with Crippen LogP contribution in [-0.2, 0) is 9.59 Å². The zero-order valence-corrected chi connectivity index (χ0v) is 12.7. The number of hydrogen-bond acceptors (Lipinski definition) is 5. The van der Waals surface area contributed by atoms with Crippen LogP contribution in [0.15, 0.2) is 48.5 Å². The molecule has 7 heteroatoms. The summed E-state index contributed by atoms with van der Waals surface area (Å²) >= 11 is 0. The normalized spacial score (nSPS) is 9.65. The van der Waals surface area contributed by atoms with Crippen LogP contribution in [0.1, 0.15) is 13.8 Å². The van der Waals surface area contributed by atoms with Crippen molar-refractivity contribution in [3.63, 3.8) is 0 Å². The maximum absolute atomic E-state index is 11.0. The molecule has 2 aromatic rings. The molecule has 2 N–H and O–H groups in total. The quantitative estimate of drug-likeness (QED) is 0.799. The van der Waals surface area contributed by atoms with E-state index in [0.717, 1.165) is 0 Å². The smallest absolute Gasteiger partial charge is 0.249 e. The average Bonchev–Trinajstić information content (AvgIpc) is 2.53. The van der Waals surface area contributed by atoms with Crippen LogP contribution >= 0.6 is 0 Å². The molecule has 0 atom stereocenters. The van der Waals surface area contributed by atoms with Gasteiger partial charge < -0.3 is 14.4 Å². The molecule has 120 valence electrons. The topological polar surface area (TPSA) is 85.9 Å². The minimum atomic E-state index is -0.339. The highest BCUT2D eigenvalue weighted by Crippen LogP contribution is 2.35. The van der Waals surface area contributed by atoms with Gasteiger partial charge in [-0.3, -0.25) is 9.59 Å². The zero-order valence-electron chi connectivity index (χ0n) is 12.7. The van der Waals surface area contributed by atoms with Crippen molar-refractivity contribution in [3.8, 4) is 23.0 Å². The molecule has 0 heterocycles. The lowest BCUT2D eigenvalue weighted by Gasteiger charge is -2.14. The average molecular weight is 316 g/mol. The Morgan fingerprint density at radius 2 is 1.04 bits per heavy atom. The molecule has 0 aliphatic heterocycles. The highest BCUT2D eigenvalue weighted by molar-refractivity contribution is 5.72. The minimum absolute atomic E-state index is 0.331. The number of ether oxygens (including phenoxy) is 1. The van der Waals surface area contributed by atoms with E-state index in [-0.39, 0.29) is 11.8 Å². The van der Waals surface area contributed by atoms with E-state index < -0.39 is 0 Å². The maximum atomic E-state index is 11.0. The monoisotopic (exact) mass is 316 g/mol. The molecule has 23 heavy (non-hydrogen) atoms. The van der Waals surface area contributed by atoms with Gasteiger partial charge in [0.25, 0.3) is 0 Å². The molecule has 2 amide bonds. The Morgan fingerprint density at radius 1 is 0.696 bits per heavy atom. The largest absolute Gasteiger partial charge is 0.449 e. The van der Waals surface area contributed by atoms with Gasteiger partial charge in [0.15, 0.2) is 23.0 Å². The summed E-state index contributed by atoms with van der Waals surface area (Å²) in [4.78, 5) is 32.3. The van der Waals surface area contributed by atoms with Crippen molar-refractivity contribution < 1.29 is 24.0 Å². The fraction of sp³-hybridized carbons (Fsp3) is 0.125. The lowest BCUT2D eigenvalue weighted by atomic mass is 10.3. The summed E-state index contributed by atoms with van der Waals surface area (Å²) in [5.41, 5.74) is 4.47. The first-order valence-corrected chi connectivity index (χ1v) is 6.79. The number of para-hydroxylation sites is 4. The SMILES string of the molecule is CC(=O)NOc1ccccc1Oc1ccccc1ONC(C)=O. The van der Waals surface area contributed by atoms with Crippen molar-refractivity contribution in [1.29, 1.82) is 0 Å². The Morgan fingerprint density at radius 3 is 1.39 bits per heavy atom. The predicted octanol–water partition coefficient (Wildman–Crippen LogP) is 2.34. The molecule has 2 aromatic carbocycles. The maximum Gasteiger partial charge on any atom is 0.249 e. The van der Waals surface area contributed by atoms with Gasteiger partial charge in [-0.1, -0.05) is 24.3 Å². The van der Waals surface area contributed by atoms with Gasteiger partial charge in [0.05, 0.1) is 0 Å². The highest BCUT2D eigenvalue weighted by atomic mass is 16.7. The van der Waals surface area contributed by atoms with Gasteiger partial charge in [0.1, 0.15) is 0 Å². The predicted molar refractivity (Wildman–Crippen MR) is 81.8 cm³/mol. The second kappa shape index (κ2) is 7.69. The van der Waals surface area contributed by atoms with Crippen molar-refractivity contribution in [2.24, 2.45) is 0 Å². The zero-order chi connectivity index (χ0) is 16.7. The minimum Gasteiger partial charge on any atom is -0.449 e. The van der Waals surface area contributed by atoms with Gasteiger partial charge in [-0.2, -0.15) is 11.0 Å². The number of nitrogens with one attached hydrogen (secondary N) is 2. The van der Waals surface area contributed by atoms with Gasteiger partial charge in [-0.25, -0.2) is 0 Å². The number of amides is 2. The van der Waals surface area contributed by atoms with Crippen molar-refractivity contribution in [1.82, 2.24) is 11.0 Å². The Balaban J connectivity index is 2.19. The van der Waals surface area contributed by atoms with Crippen LogP contribution in [0.2, 0.25) is 0 Å². The molecular weight excluding hydrogens is 300 g/mol. The van der Waals surface area contributed by atoms with Crippen LogP contribution in [-0.4, -0.2) is 11.8 Å². The first kappa shape index (κ1) is 16.2. The number of hydrogen-bond donors (Lipinski definition) is 2.